The third-order valence-electron chi connectivity index (χ3n) is 24.6. The Bertz CT molecular complexity index is 5460. The van der Waals surface area contributed by atoms with Gasteiger partial charge in [0.2, 0.25) is 39.6 Å². The van der Waals surface area contributed by atoms with Crippen LogP contribution in [0.5, 0.6) is 23.0 Å². The van der Waals surface area contributed by atoms with E-state index in [0.717, 1.165) is 40.3 Å². The minimum absolute atomic E-state index is 0.00767. The summed E-state index contributed by atoms with van der Waals surface area (Å²) in [6.07, 6.45) is 10.5. The van der Waals surface area contributed by atoms with Crippen molar-refractivity contribution in [3.63, 3.8) is 0 Å². The van der Waals surface area contributed by atoms with Gasteiger partial charge in [0, 0.05) is 113 Å². The summed E-state index contributed by atoms with van der Waals surface area (Å²) in [6, 6.07) is 18.2. The Kier molecular flexibility index (Phi) is 29.9. The molecule has 8 N–H and O–H groups in total. The number of nitrogens with zero attached hydrogens (tertiary/aromatic N) is 8. The molecule has 12 atom stereocenters. The number of nitrogens with one attached hydrogen (secondary N) is 6. The van der Waals surface area contributed by atoms with Gasteiger partial charge in [-0.2, -0.15) is 4.31 Å². The van der Waals surface area contributed by atoms with Crippen molar-refractivity contribution >= 4 is 118 Å². The smallest absolute Gasteiger partial charge is 0.408 e. The van der Waals surface area contributed by atoms with Gasteiger partial charge in [0.1, 0.15) is 94.0 Å². The number of likely N-dealkylation sites (tertiary alicyclic amines) is 1. The monoisotopic (exact) mass is 1830 g/mol. The Morgan fingerprint density at radius 1 is 0.589 bits per heavy atom. The number of rotatable bonds is 24. The fourth-order valence-corrected chi connectivity index (χ4v) is 19.8. The SMILES string of the molecule is COc1ccc2c(O[C@@H]3C[C@H]4C(=O)N[C@]5(C(=O)O)CC5/C=C\CCCCC[C@H](NC(=O)O[C@H](CN(C)S(=O)(=O)c5ccccc5)C(C)(C)C)C(=O)N4C3)cc(-c3csc(NC(C)C)n3)nc2c1.COc1ccc2c(O[C@@H]3C[C@H]4C(=O)N[C@]5(C(=O)O)CC5/C=C\CCCCC[C@H](NC(=O)O[C@H](CN5CCCC5=O)C(C)(C)C)C(=O)N4C3)cc(-c3csc(NC(C)C)n3)nc2c1. The first kappa shape index (κ1) is 95.3. The predicted molar refractivity (Wildman–Crippen MR) is 488 cm³/mol. The van der Waals surface area contributed by atoms with E-state index in [-0.39, 0.29) is 93.5 Å². The van der Waals surface area contributed by atoms with E-state index < -0.39 is 134 Å². The highest BCUT2D eigenvalue weighted by Gasteiger charge is 2.63. The van der Waals surface area contributed by atoms with Crippen LogP contribution in [0.25, 0.3) is 44.6 Å². The number of fused-ring (bicyclic) bond motifs is 6. The van der Waals surface area contributed by atoms with Gasteiger partial charge in [-0.15, -0.1) is 22.7 Å². The molecule has 129 heavy (non-hydrogen) atoms. The second-order valence-electron chi connectivity index (χ2n) is 37.2. The summed E-state index contributed by atoms with van der Waals surface area (Å²) in [7, 11) is 0.624. The van der Waals surface area contributed by atoms with Crippen molar-refractivity contribution in [2.45, 2.75) is 249 Å². The molecule has 7 aromatic rings. The van der Waals surface area contributed by atoms with E-state index in [1.807, 2.05) is 116 Å². The second kappa shape index (κ2) is 40.4. The van der Waals surface area contributed by atoms with Gasteiger partial charge in [-0.25, -0.2) is 47.5 Å². The van der Waals surface area contributed by atoms with Crippen LogP contribution < -0.4 is 50.8 Å². The van der Waals surface area contributed by atoms with Crippen molar-refractivity contribution < 1.29 is 90.2 Å². The molecule has 694 valence electrons. The first-order chi connectivity index (χ1) is 61.3. The fourth-order valence-electron chi connectivity index (χ4n) is 16.9. The molecule has 7 aliphatic rings. The van der Waals surface area contributed by atoms with E-state index in [2.05, 4.69) is 31.9 Å². The van der Waals surface area contributed by atoms with Gasteiger partial charge in [-0.05, 0) is 122 Å². The van der Waals surface area contributed by atoms with Crippen LogP contribution in [0, 0.1) is 22.7 Å². The average molecular weight is 1830 g/mol. The zero-order chi connectivity index (χ0) is 92.6. The number of sulfonamides is 1. The summed E-state index contributed by atoms with van der Waals surface area (Å²) in [6.45, 7) is 19.9. The van der Waals surface area contributed by atoms with Gasteiger partial charge in [0.15, 0.2) is 10.3 Å². The minimum atomic E-state index is -3.93. The highest BCUT2D eigenvalue weighted by atomic mass is 32.2. The molecule has 0 spiro atoms. The van der Waals surface area contributed by atoms with Crippen molar-refractivity contribution in [1.29, 1.82) is 0 Å². The van der Waals surface area contributed by atoms with Gasteiger partial charge in [-0.3, -0.25) is 24.0 Å². The Morgan fingerprint density at radius 2 is 1.04 bits per heavy atom. The number of anilines is 2. The maximum atomic E-state index is 15.0. The van der Waals surface area contributed by atoms with Crippen LogP contribution >= 0.6 is 22.7 Å². The van der Waals surface area contributed by atoms with Gasteiger partial charge in [0.25, 0.3) is 0 Å². The molecule has 0 radical (unpaired) electrons. The van der Waals surface area contributed by atoms with Crippen LogP contribution in [0.4, 0.5) is 19.9 Å². The number of aliphatic carboxylic acids is 2. The summed E-state index contributed by atoms with van der Waals surface area (Å²) in [5.41, 5.74) is -0.780. The molecule has 2 aliphatic carbocycles. The molecule has 36 heteroatoms. The largest absolute Gasteiger partial charge is 0.497 e. The molecular weight excluding hydrogens is 1710 g/mol. The maximum absolute atomic E-state index is 15.0. The number of carboxylic acids is 2. The summed E-state index contributed by atoms with van der Waals surface area (Å²) < 4.78 is 64.6. The molecule has 33 nitrogen and oxygen atoms in total. The number of alkyl carbamates (subject to hydrolysis) is 2. The van der Waals surface area contributed by atoms with Crippen LogP contribution in [0.3, 0.4) is 0 Å². The molecule has 4 aromatic heterocycles. The molecule has 3 aromatic carbocycles. The predicted octanol–water partition coefficient (Wildman–Crippen LogP) is 13.0. The lowest BCUT2D eigenvalue weighted by Gasteiger charge is -2.34. The molecule has 14 rings (SSSR count). The zero-order valence-corrected chi connectivity index (χ0v) is 77.8. The molecule has 7 amide bonds. The molecule has 0 bridgehead atoms. The number of thiazole rings is 2. The lowest BCUT2D eigenvalue weighted by Crippen LogP contribution is -2.56. The van der Waals surface area contributed by atoms with Crippen molar-refractivity contribution in [1.82, 2.24) is 60.2 Å². The van der Waals surface area contributed by atoms with E-state index in [0.29, 0.717) is 113 Å². The number of methoxy groups -OCH3 is 2. The number of hydrogen-bond donors (Lipinski definition) is 8. The van der Waals surface area contributed by atoms with Gasteiger partial charge >= 0.3 is 24.1 Å². The Morgan fingerprint density at radius 3 is 1.45 bits per heavy atom. The van der Waals surface area contributed by atoms with E-state index in [9.17, 15) is 61.8 Å². The molecular formula is C93H120N14O19S3. The van der Waals surface area contributed by atoms with Crippen molar-refractivity contribution in [3.05, 3.63) is 114 Å². The Labute approximate surface area is 760 Å². The zero-order valence-electron chi connectivity index (χ0n) is 75.4. The number of allylic oxidation sites excluding steroid dienone is 2. The van der Waals surface area contributed by atoms with Crippen LogP contribution in [0.15, 0.2) is 119 Å². The van der Waals surface area contributed by atoms with Crippen LogP contribution in [-0.2, 0) is 53.1 Å². The summed E-state index contributed by atoms with van der Waals surface area (Å²) in [5.74, 6) is -3.37. The third-order valence-corrected chi connectivity index (χ3v) is 28.0. The number of hydrogen-bond acceptors (Lipinski definition) is 25. The fraction of sp³-hybridized carbons (Fsp3) is 0.538. The van der Waals surface area contributed by atoms with E-state index in [4.69, 9.17) is 48.4 Å². The van der Waals surface area contributed by atoms with Crippen LogP contribution in [-0.4, -0.2) is 237 Å². The number of aromatic nitrogens is 4. The molecule has 2 unspecified atom stereocenters. The number of benzene rings is 3. The van der Waals surface area contributed by atoms with E-state index in [1.165, 1.54) is 51.7 Å². The topological polar surface area (TPSA) is 420 Å². The number of carbonyl (C=O) groups is 9. The molecule has 9 heterocycles. The van der Waals surface area contributed by atoms with Crippen molar-refractivity contribution in [2.75, 3.05) is 64.6 Å². The highest BCUT2D eigenvalue weighted by molar-refractivity contribution is 7.89. The van der Waals surface area contributed by atoms with Gasteiger partial charge in [0.05, 0.1) is 67.7 Å². The first-order valence-electron chi connectivity index (χ1n) is 44.4. The minimum Gasteiger partial charge on any atom is -0.497 e. The van der Waals surface area contributed by atoms with Crippen molar-refractivity contribution in [2.24, 2.45) is 22.7 Å². The Balaban J connectivity index is 0.000000221. The Hall–Kier alpha value is -11.2. The molecule has 5 aliphatic heterocycles. The summed E-state index contributed by atoms with van der Waals surface area (Å²) in [5, 5.41) is 45.2. The first-order valence-corrected chi connectivity index (χ1v) is 47.6. The van der Waals surface area contributed by atoms with E-state index in [1.54, 1.807) is 73.7 Å². The number of amides is 7. The van der Waals surface area contributed by atoms with Crippen LogP contribution in [0.2, 0.25) is 0 Å². The van der Waals surface area contributed by atoms with Gasteiger partial charge in [-0.1, -0.05) is 110 Å². The average Bonchev–Trinajstić information content (AvgIpc) is 1.65. The normalized spacial score (nSPS) is 24.5. The quantitative estimate of drug-likeness (QED) is 0.0260. The number of carboxylic acid groups (broad SMARTS) is 2. The lowest BCUT2D eigenvalue weighted by molar-refractivity contribution is -0.146. The molecule has 3 saturated heterocycles. The van der Waals surface area contributed by atoms with Crippen LogP contribution in [0.1, 0.15) is 172 Å². The summed E-state index contributed by atoms with van der Waals surface area (Å²) >= 11 is 2.90. The number of pyridine rings is 2. The second-order valence-corrected chi connectivity index (χ2v) is 40.9. The summed E-state index contributed by atoms with van der Waals surface area (Å²) in [4.78, 5) is 148. The lowest BCUT2D eigenvalue weighted by atomic mass is 9.88. The standard InChI is InChI=1S/C48H61N7O10S2.C45H59N7O9S/c1-29(2)49-45-51-38(28-66-45)37-24-40(34-21-20-31(63-7)22-36(34)50-37)64-32-23-39-42(56)53-48(44(58)59)25-30(48)16-12-9-8-10-15-19-35(43(57)55(39)26-32)52-46(60)65-41(47(3,4)5)27-54(6)67(61,62)33-17-13-11-14-18-33;1-26(2)46-42-48-34(25-62-42)33-21-36(30-17-16-28(59-6)19-32(30)47-33)60-29-20-35-39(54)50-45(41(56)57)22-27(45)13-10-8-7-9-11-14-31(40(55)52(35)23-29)49-43(58)61-37(44(3,4)5)24-51-18-12-15-38(51)53/h11-14,16-18,20-22,24,28-30,32,35,39,41H,8-10,15,19,23,25-27H2,1-7H3,(H,49,51)(H,52,60)(H,53,56)(H,58,59);10,13,16-17,19,21,25-27,29,31,35,37H,7-9,11-12,14-15,18,20,22-24H2,1-6H3,(H,46,48)(H,49,58)(H,50,54)(H,56,57)/b16-12-;13-10-/t30?,32-,35+,39+,41-,48-;27?,29-,31+,35+,37-,45-/m11/s1. The highest BCUT2D eigenvalue weighted by Crippen LogP contribution is 2.48. The molecule has 2 saturated carbocycles. The third kappa shape index (κ3) is 23.0. The van der Waals surface area contributed by atoms with Crippen molar-refractivity contribution in [3.8, 4) is 45.8 Å². The number of carbonyl (C=O) groups excluding carboxylic acids is 7. The van der Waals surface area contributed by atoms with Gasteiger partial charge < -0.3 is 85.2 Å². The number of ether oxygens (including phenoxy) is 6. The number of likely N-dealkylation sites (N-methyl/N-ethyl adjacent to an activating group) is 1. The molecule has 5 fully saturated rings. The van der Waals surface area contributed by atoms with E-state index >= 15 is 0 Å². The maximum Gasteiger partial charge on any atom is 0.408 e.